The van der Waals surface area contributed by atoms with E-state index < -0.39 is 15.1 Å². The fourth-order valence-electron chi connectivity index (χ4n) is 2.50. The molecule has 0 bridgehead atoms. The van der Waals surface area contributed by atoms with Crippen LogP contribution in [0, 0.1) is 5.92 Å². The zero-order valence-electron chi connectivity index (χ0n) is 12.4. The Morgan fingerprint density at radius 3 is 2.14 bits per heavy atom. The summed E-state index contributed by atoms with van der Waals surface area (Å²) >= 11 is 0. The lowest BCUT2D eigenvalue weighted by molar-refractivity contribution is 0.0967. The summed E-state index contributed by atoms with van der Waals surface area (Å²) < 4.78 is 25.4. The molecule has 2 aromatic rings. The number of hydrogen-bond acceptors (Lipinski definition) is 3. The fraction of sp³-hybridized carbons (Fsp3) is 0.278. The SMILES string of the molecule is CC(c1ccccc1)S(=O)(=O)c1ccc(C(=O)C2CC2)cc1. The Labute approximate surface area is 130 Å². The number of ketones is 1. The molecule has 0 spiro atoms. The second-order valence-corrected chi connectivity index (χ2v) is 8.03. The number of sulfone groups is 1. The van der Waals surface area contributed by atoms with Crippen molar-refractivity contribution < 1.29 is 13.2 Å². The molecule has 1 aliphatic carbocycles. The van der Waals surface area contributed by atoms with Crippen LogP contribution in [0.4, 0.5) is 0 Å². The highest BCUT2D eigenvalue weighted by Crippen LogP contribution is 2.33. The normalized spacial score (nSPS) is 16.2. The highest BCUT2D eigenvalue weighted by molar-refractivity contribution is 7.91. The maximum absolute atomic E-state index is 12.7. The molecular formula is C18H18O3S. The first-order valence-electron chi connectivity index (χ1n) is 7.43. The summed E-state index contributed by atoms with van der Waals surface area (Å²) in [5.41, 5.74) is 1.37. The van der Waals surface area contributed by atoms with Crippen molar-refractivity contribution in [2.45, 2.75) is 29.9 Å². The maximum Gasteiger partial charge on any atom is 0.185 e. The number of carbonyl (C=O) groups is 1. The average molecular weight is 314 g/mol. The summed E-state index contributed by atoms with van der Waals surface area (Å²) in [6, 6.07) is 15.5. The third-order valence-electron chi connectivity index (χ3n) is 4.15. The second-order valence-electron chi connectivity index (χ2n) is 5.76. The van der Waals surface area contributed by atoms with Gasteiger partial charge in [-0.1, -0.05) is 42.5 Å². The van der Waals surface area contributed by atoms with E-state index >= 15 is 0 Å². The lowest BCUT2D eigenvalue weighted by atomic mass is 10.1. The van der Waals surface area contributed by atoms with E-state index in [0.29, 0.717) is 5.56 Å². The van der Waals surface area contributed by atoms with Crippen molar-refractivity contribution in [2.24, 2.45) is 5.92 Å². The molecule has 0 N–H and O–H groups in total. The van der Waals surface area contributed by atoms with Crippen LogP contribution in [0.2, 0.25) is 0 Å². The van der Waals surface area contributed by atoms with Crippen LogP contribution in [-0.2, 0) is 9.84 Å². The van der Waals surface area contributed by atoms with E-state index in [1.165, 1.54) is 0 Å². The lowest BCUT2D eigenvalue weighted by Crippen LogP contribution is -2.11. The predicted octanol–water partition coefficient (Wildman–Crippen LogP) is 3.81. The Bertz CT molecular complexity index is 773. The highest BCUT2D eigenvalue weighted by atomic mass is 32.2. The molecule has 0 saturated heterocycles. The van der Waals surface area contributed by atoms with Crippen LogP contribution in [0.5, 0.6) is 0 Å². The van der Waals surface area contributed by atoms with Gasteiger partial charge in [-0.2, -0.15) is 0 Å². The minimum atomic E-state index is -3.45. The summed E-state index contributed by atoms with van der Waals surface area (Å²) in [5.74, 6) is 0.269. The van der Waals surface area contributed by atoms with Crippen molar-refractivity contribution in [3.8, 4) is 0 Å². The number of hydrogen-bond donors (Lipinski definition) is 0. The van der Waals surface area contributed by atoms with E-state index in [1.807, 2.05) is 30.3 Å². The van der Waals surface area contributed by atoms with Crippen LogP contribution in [-0.4, -0.2) is 14.2 Å². The smallest absolute Gasteiger partial charge is 0.185 e. The minimum absolute atomic E-state index is 0.125. The first kappa shape index (κ1) is 15.0. The van der Waals surface area contributed by atoms with Crippen molar-refractivity contribution in [2.75, 3.05) is 0 Å². The Morgan fingerprint density at radius 1 is 1.00 bits per heavy atom. The molecule has 1 aliphatic rings. The maximum atomic E-state index is 12.7. The number of carbonyl (C=O) groups excluding carboxylic acids is 1. The standard InChI is InChI=1S/C18H18O3S/c1-13(14-5-3-2-4-6-14)22(20,21)17-11-9-16(10-12-17)18(19)15-7-8-15/h2-6,9-13,15H,7-8H2,1H3. The Morgan fingerprint density at radius 2 is 1.59 bits per heavy atom. The molecule has 1 atom stereocenters. The Balaban J connectivity index is 1.87. The molecule has 0 aliphatic heterocycles. The predicted molar refractivity (Wildman–Crippen MR) is 85.5 cm³/mol. The van der Waals surface area contributed by atoms with E-state index in [4.69, 9.17) is 0 Å². The quantitative estimate of drug-likeness (QED) is 0.788. The molecule has 3 rings (SSSR count). The number of benzene rings is 2. The third-order valence-corrected chi connectivity index (χ3v) is 6.28. The molecule has 114 valence electrons. The van der Waals surface area contributed by atoms with Crippen LogP contribution >= 0.6 is 0 Å². The monoisotopic (exact) mass is 314 g/mol. The molecule has 0 amide bonds. The summed E-state index contributed by atoms with van der Waals surface area (Å²) in [5, 5.41) is -0.612. The van der Waals surface area contributed by atoms with Crippen molar-refractivity contribution in [3.05, 3.63) is 65.7 Å². The van der Waals surface area contributed by atoms with E-state index in [0.717, 1.165) is 18.4 Å². The number of Topliss-reactive ketones (excluding diaryl/α,β-unsaturated/α-hetero) is 1. The Kier molecular flexibility index (Phi) is 3.87. The van der Waals surface area contributed by atoms with Gasteiger partial charge in [0.15, 0.2) is 15.6 Å². The molecule has 1 fully saturated rings. The summed E-state index contributed by atoms with van der Waals surface area (Å²) in [6.07, 6.45) is 1.90. The zero-order chi connectivity index (χ0) is 15.7. The first-order valence-corrected chi connectivity index (χ1v) is 8.98. The first-order chi connectivity index (χ1) is 10.5. The average Bonchev–Trinajstić information content (AvgIpc) is 3.39. The molecule has 1 unspecified atom stereocenters. The van der Waals surface area contributed by atoms with Crippen LogP contribution in [0.3, 0.4) is 0 Å². The van der Waals surface area contributed by atoms with Gasteiger partial charge in [-0.05, 0) is 37.5 Å². The molecule has 0 radical (unpaired) electrons. The topological polar surface area (TPSA) is 51.2 Å². The van der Waals surface area contributed by atoms with Gasteiger partial charge in [0.1, 0.15) is 0 Å². The molecule has 3 nitrogen and oxygen atoms in total. The van der Waals surface area contributed by atoms with Gasteiger partial charge < -0.3 is 0 Å². The number of rotatable bonds is 5. The van der Waals surface area contributed by atoms with Crippen molar-refractivity contribution in [1.82, 2.24) is 0 Å². The third kappa shape index (κ3) is 2.83. The van der Waals surface area contributed by atoms with Crippen molar-refractivity contribution >= 4 is 15.6 Å². The van der Waals surface area contributed by atoms with Crippen LogP contribution in [0.15, 0.2) is 59.5 Å². The largest absolute Gasteiger partial charge is 0.294 e. The molecular weight excluding hydrogens is 296 g/mol. The lowest BCUT2D eigenvalue weighted by Gasteiger charge is -2.13. The zero-order valence-corrected chi connectivity index (χ0v) is 13.2. The van der Waals surface area contributed by atoms with E-state index in [9.17, 15) is 13.2 Å². The van der Waals surface area contributed by atoms with Gasteiger partial charge in [-0.3, -0.25) is 4.79 Å². The minimum Gasteiger partial charge on any atom is -0.294 e. The van der Waals surface area contributed by atoms with E-state index in [1.54, 1.807) is 31.2 Å². The van der Waals surface area contributed by atoms with Gasteiger partial charge in [0, 0.05) is 11.5 Å². The molecule has 22 heavy (non-hydrogen) atoms. The van der Waals surface area contributed by atoms with Crippen molar-refractivity contribution in [1.29, 1.82) is 0 Å². The van der Waals surface area contributed by atoms with E-state index in [-0.39, 0.29) is 16.6 Å². The second kappa shape index (κ2) is 5.69. The fourth-order valence-corrected chi connectivity index (χ4v) is 3.94. The van der Waals surface area contributed by atoms with Gasteiger partial charge in [0.05, 0.1) is 10.1 Å². The molecule has 1 saturated carbocycles. The molecule has 2 aromatic carbocycles. The molecule has 0 heterocycles. The van der Waals surface area contributed by atoms with Crippen LogP contribution in [0.25, 0.3) is 0 Å². The van der Waals surface area contributed by atoms with Crippen molar-refractivity contribution in [3.63, 3.8) is 0 Å². The molecule has 4 heteroatoms. The van der Waals surface area contributed by atoms with Gasteiger partial charge in [0.2, 0.25) is 0 Å². The Hall–Kier alpha value is -1.94. The summed E-state index contributed by atoms with van der Waals surface area (Å²) in [7, 11) is -3.45. The highest BCUT2D eigenvalue weighted by Gasteiger charge is 2.31. The van der Waals surface area contributed by atoms with Gasteiger partial charge >= 0.3 is 0 Å². The molecule has 0 aromatic heterocycles. The van der Waals surface area contributed by atoms with Crippen LogP contribution < -0.4 is 0 Å². The van der Waals surface area contributed by atoms with Gasteiger partial charge in [-0.15, -0.1) is 0 Å². The summed E-state index contributed by atoms with van der Waals surface area (Å²) in [6.45, 7) is 1.69. The van der Waals surface area contributed by atoms with Gasteiger partial charge in [0.25, 0.3) is 0 Å². The summed E-state index contributed by atoms with van der Waals surface area (Å²) in [4.78, 5) is 12.2. The van der Waals surface area contributed by atoms with Gasteiger partial charge in [-0.25, -0.2) is 8.42 Å². The van der Waals surface area contributed by atoms with E-state index in [2.05, 4.69) is 0 Å². The van der Waals surface area contributed by atoms with Crippen LogP contribution in [0.1, 0.15) is 40.9 Å².